The van der Waals surface area contributed by atoms with Gasteiger partial charge in [0.1, 0.15) is 0 Å². The van der Waals surface area contributed by atoms with Crippen LogP contribution in [0.2, 0.25) is 0 Å². The van der Waals surface area contributed by atoms with Crippen LogP contribution >= 0.6 is 0 Å². The largest absolute Gasteiger partial charge is 0.458 e. The fraction of sp³-hybridized carbons (Fsp3) is 0. The Bertz CT molecular complexity index is 813. The lowest BCUT2D eigenvalue weighted by Gasteiger charge is -2.07. The van der Waals surface area contributed by atoms with Gasteiger partial charge in [-0.05, 0) is 23.8 Å². The first kappa shape index (κ1) is 14.5. The third-order valence-corrected chi connectivity index (χ3v) is 3.17. The summed E-state index contributed by atoms with van der Waals surface area (Å²) in [5, 5.41) is 0. The fourth-order valence-electron chi connectivity index (χ4n) is 2.07. The van der Waals surface area contributed by atoms with Crippen LogP contribution in [-0.2, 0) is 0 Å². The Hall–Kier alpha value is -3.41. The number of carbonyl (C=O) groups is 2. The van der Waals surface area contributed by atoms with Crippen LogP contribution in [0, 0.1) is 0 Å². The molecule has 0 radical (unpaired) electrons. The highest BCUT2D eigenvalue weighted by Crippen LogP contribution is 2.24. The van der Waals surface area contributed by atoms with E-state index in [1.54, 1.807) is 24.4 Å². The van der Waals surface area contributed by atoms with Gasteiger partial charge < -0.3 is 4.42 Å². The van der Waals surface area contributed by atoms with E-state index in [0.717, 1.165) is 5.56 Å². The van der Waals surface area contributed by atoms with Crippen LogP contribution in [0.3, 0.4) is 0 Å². The van der Waals surface area contributed by atoms with Gasteiger partial charge in [-0.3, -0.25) is 25.4 Å². The van der Waals surface area contributed by atoms with Crippen LogP contribution in [0.1, 0.15) is 20.9 Å². The normalized spacial score (nSPS) is 10.1. The van der Waals surface area contributed by atoms with Gasteiger partial charge in [-0.15, -0.1) is 0 Å². The van der Waals surface area contributed by atoms with Gasteiger partial charge in [-0.1, -0.05) is 30.3 Å². The summed E-state index contributed by atoms with van der Waals surface area (Å²) in [6, 6.07) is 14.3. The number of hydrogen-bond acceptors (Lipinski definition) is 4. The molecule has 0 aliphatic carbocycles. The summed E-state index contributed by atoms with van der Waals surface area (Å²) in [6.07, 6.45) is 4.40. The molecule has 0 aliphatic heterocycles. The standard InChI is InChI=1S/C17H13N3O3/c21-16(13-7-4-9-18-11-13)19-20-17(22)15-14(8-10-23-15)12-5-2-1-3-6-12/h1-11H,(H,19,21)(H,20,22). The molecule has 2 aromatic heterocycles. The molecule has 0 bridgehead atoms. The Labute approximate surface area is 132 Å². The van der Waals surface area contributed by atoms with Crippen molar-refractivity contribution in [3.8, 4) is 11.1 Å². The summed E-state index contributed by atoms with van der Waals surface area (Å²) in [5.74, 6) is -0.868. The molecule has 1 aromatic carbocycles. The topological polar surface area (TPSA) is 84.2 Å². The Morgan fingerprint density at radius 1 is 0.913 bits per heavy atom. The van der Waals surface area contributed by atoms with Gasteiger partial charge in [0.15, 0.2) is 0 Å². The van der Waals surface area contributed by atoms with E-state index < -0.39 is 11.8 Å². The number of nitrogens with zero attached hydrogens (tertiary/aromatic N) is 1. The monoisotopic (exact) mass is 307 g/mol. The number of rotatable bonds is 3. The first-order valence-corrected chi connectivity index (χ1v) is 6.89. The highest BCUT2D eigenvalue weighted by atomic mass is 16.3. The molecule has 0 saturated heterocycles. The summed E-state index contributed by atoms with van der Waals surface area (Å²) >= 11 is 0. The number of amides is 2. The number of aromatic nitrogens is 1. The van der Waals surface area contributed by atoms with Crippen molar-refractivity contribution in [2.24, 2.45) is 0 Å². The summed E-state index contributed by atoms with van der Waals surface area (Å²) in [6.45, 7) is 0. The zero-order valence-electron chi connectivity index (χ0n) is 12.0. The molecule has 6 nitrogen and oxygen atoms in total. The van der Waals surface area contributed by atoms with Crippen LogP contribution in [0.5, 0.6) is 0 Å². The molecule has 2 amide bonds. The van der Waals surface area contributed by atoms with Gasteiger partial charge in [-0.25, -0.2) is 0 Å². The average molecular weight is 307 g/mol. The minimum Gasteiger partial charge on any atom is -0.458 e. The predicted molar refractivity (Wildman–Crippen MR) is 83.3 cm³/mol. The third kappa shape index (κ3) is 3.26. The Morgan fingerprint density at radius 3 is 2.43 bits per heavy atom. The lowest BCUT2D eigenvalue weighted by atomic mass is 10.1. The SMILES string of the molecule is O=C(NNC(=O)c1occc1-c1ccccc1)c1cccnc1. The average Bonchev–Trinajstić information content (AvgIpc) is 3.11. The molecule has 114 valence electrons. The summed E-state index contributed by atoms with van der Waals surface area (Å²) in [7, 11) is 0. The van der Waals surface area contributed by atoms with Crippen molar-refractivity contribution in [1.82, 2.24) is 15.8 Å². The second-order valence-corrected chi connectivity index (χ2v) is 4.68. The molecule has 2 heterocycles. The zero-order chi connectivity index (χ0) is 16.1. The quantitative estimate of drug-likeness (QED) is 0.728. The number of benzene rings is 1. The van der Waals surface area contributed by atoms with Crippen molar-refractivity contribution in [3.63, 3.8) is 0 Å². The molecule has 0 aliphatic rings. The molecule has 2 N–H and O–H groups in total. The highest BCUT2D eigenvalue weighted by molar-refractivity contribution is 6.01. The van der Waals surface area contributed by atoms with Crippen molar-refractivity contribution < 1.29 is 14.0 Å². The van der Waals surface area contributed by atoms with Gasteiger partial charge in [-0.2, -0.15) is 0 Å². The summed E-state index contributed by atoms with van der Waals surface area (Å²) < 4.78 is 5.24. The molecular formula is C17H13N3O3. The van der Waals surface area contributed by atoms with Crippen molar-refractivity contribution >= 4 is 11.8 Å². The number of hydrogen-bond donors (Lipinski definition) is 2. The highest BCUT2D eigenvalue weighted by Gasteiger charge is 2.17. The summed E-state index contributed by atoms with van der Waals surface area (Å²) in [4.78, 5) is 27.9. The van der Waals surface area contributed by atoms with Crippen LogP contribution < -0.4 is 10.9 Å². The van der Waals surface area contributed by atoms with Gasteiger partial charge in [0, 0.05) is 18.0 Å². The van der Waals surface area contributed by atoms with Crippen LogP contribution in [0.25, 0.3) is 11.1 Å². The van der Waals surface area contributed by atoms with E-state index in [4.69, 9.17) is 4.42 Å². The van der Waals surface area contributed by atoms with Crippen molar-refractivity contribution in [2.45, 2.75) is 0 Å². The molecule has 0 spiro atoms. The van der Waals surface area contributed by atoms with Crippen LogP contribution in [0.4, 0.5) is 0 Å². The smallest absolute Gasteiger partial charge is 0.306 e. The molecule has 3 rings (SSSR count). The van der Waals surface area contributed by atoms with E-state index in [9.17, 15) is 9.59 Å². The van der Waals surface area contributed by atoms with E-state index in [1.165, 1.54) is 12.5 Å². The van der Waals surface area contributed by atoms with Crippen molar-refractivity contribution in [3.05, 3.63) is 78.5 Å². The number of hydrazine groups is 1. The van der Waals surface area contributed by atoms with E-state index in [2.05, 4.69) is 15.8 Å². The van der Waals surface area contributed by atoms with Gasteiger partial charge in [0.05, 0.1) is 11.8 Å². The maximum Gasteiger partial charge on any atom is 0.306 e. The van der Waals surface area contributed by atoms with Crippen LogP contribution in [-0.4, -0.2) is 16.8 Å². The first-order valence-electron chi connectivity index (χ1n) is 6.89. The third-order valence-electron chi connectivity index (χ3n) is 3.17. The molecule has 0 saturated carbocycles. The Balaban J connectivity index is 1.70. The minimum absolute atomic E-state index is 0.127. The number of nitrogens with one attached hydrogen (secondary N) is 2. The Kier molecular flexibility index (Phi) is 4.15. The molecular weight excluding hydrogens is 294 g/mol. The van der Waals surface area contributed by atoms with E-state index >= 15 is 0 Å². The molecule has 0 atom stereocenters. The Morgan fingerprint density at radius 2 is 1.70 bits per heavy atom. The second kappa shape index (κ2) is 6.57. The predicted octanol–water partition coefficient (Wildman–Crippen LogP) is 2.42. The van der Waals surface area contributed by atoms with Gasteiger partial charge >= 0.3 is 5.91 Å². The van der Waals surface area contributed by atoms with Crippen molar-refractivity contribution in [1.29, 1.82) is 0 Å². The molecule has 6 heteroatoms. The second-order valence-electron chi connectivity index (χ2n) is 4.68. The number of furan rings is 1. The van der Waals surface area contributed by atoms with Gasteiger partial charge in [0.2, 0.25) is 5.76 Å². The maximum absolute atomic E-state index is 12.2. The fourth-order valence-corrected chi connectivity index (χ4v) is 2.07. The van der Waals surface area contributed by atoms with Crippen LogP contribution in [0.15, 0.2) is 71.6 Å². The summed E-state index contributed by atoms with van der Waals surface area (Å²) in [5.41, 5.74) is 6.51. The van der Waals surface area contributed by atoms with E-state index in [0.29, 0.717) is 11.1 Å². The molecule has 3 aromatic rings. The first-order chi connectivity index (χ1) is 11.3. The van der Waals surface area contributed by atoms with E-state index in [1.807, 2.05) is 30.3 Å². The maximum atomic E-state index is 12.2. The number of pyridine rings is 1. The molecule has 0 unspecified atom stereocenters. The minimum atomic E-state index is -0.536. The molecule has 23 heavy (non-hydrogen) atoms. The van der Waals surface area contributed by atoms with E-state index in [-0.39, 0.29) is 5.76 Å². The molecule has 0 fully saturated rings. The van der Waals surface area contributed by atoms with Crippen molar-refractivity contribution in [2.75, 3.05) is 0 Å². The van der Waals surface area contributed by atoms with Gasteiger partial charge in [0.25, 0.3) is 5.91 Å². The zero-order valence-corrected chi connectivity index (χ0v) is 12.0. The lowest BCUT2D eigenvalue weighted by molar-refractivity contribution is 0.0831. The number of carbonyl (C=O) groups excluding carboxylic acids is 2. The lowest BCUT2D eigenvalue weighted by Crippen LogP contribution is -2.41.